The number of rotatable bonds is 3. The molecule has 1 aromatic heterocycles. The molecule has 0 unspecified atom stereocenters. The van der Waals surface area contributed by atoms with E-state index < -0.39 is 18.3 Å². The molecule has 6 heteroatoms. The summed E-state index contributed by atoms with van der Waals surface area (Å²) < 4.78 is 37.1. The van der Waals surface area contributed by atoms with E-state index in [9.17, 15) is 18.0 Å². The van der Waals surface area contributed by atoms with E-state index in [0.717, 1.165) is 6.33 Å². The van der Waals surface area contributed by atoms with Crippen molar-refractivity contribution in [2.45, 2.75) is 39.4 Å². The van der Waals surface area contributed by atoms with Gasteiger partial charge in [0.25, 0.3) is 5.56 Å². The Balaban J connectivity index is 3.20. The molecule has 0 saturated heterocycles. The summed E-state index contributed by atoms with van der Waals surface area (Å²) in [5.74, 6) is 0. The molecule has 0 aromatic carbocycles. The van der Waals surface area contributed by atoms with Gasteiger partial charge in [-0.25, -0.2) is 4.98 Å². The predicted octanol–water partition coefficient (Wildman–Crippen LogP) is 1.93. The van der Waals surface area contributed by atoms with Crippen LogP contribution in [0.3, 0.4) is 0 Å². The molecule has 0 saturated carbocycles. The highest BCUT2D eigenvalue weighted by atomic mass is 19.4. The van der Waals surface area contributed by atoms with Gasteiger partial charge in [0.05, 0.1) is 12.0 Å². The van der Waals surface area contributed by atoms with Crippen LogP contribution in [-0.4, -0.2) is 15.7 Å². The van der Waals surface area contributed by atoms with Crippen LogP contribution in [0.15, 0.2) is 11.1 Å². The fourth-order valence-corrected chi connectivity index (χ4v) is 1.53. The maximum atomic E-state index is 12.2. The number of halogens is 3. The highest BCUT2D eigenvalue weighted by Gasteiger charge is 2.29. The highest BCUT2D eigenvalue weighted by Crippen LogP contribution is 2.16. The van der Waals surface area contributed by atoms with Crippen molar-refractivity contribution in [1.29, 1.82) is 0 Å². The molecule has 0 amide bonds. The van der Waals surface area contributed by atoms with Gasteiger partial charge in [0, 0.05) is 5.56 Å². The first kappa shape index (κ1) is 12.7. The molecular weight excluding hydrogens is 221 g/mol. The van der Waals surface area contributed by atoms with Crippen LogP contribution in [0.2, 0.25) is 0 Å². The number of hydrogen-bond acceptors (Lipinski definition) is 2. The molecule has 0 aliphatic carbocycles. The van der Waals surface area contributed by atoms with Crippen molar-refractivity contribution in [3.63, 3.8) is 0 Å². The van der Waals surface area contributed by atoms with Gasteiger partial charge in [0.2, 0.25) is 0 Å². The second kappa shape index (κ2) is 4.67. The number of aryl methyl sites for hydroxylation is 1. The number of nitrogens with zero attached hydrogens (tertiary/aromatic N) is 2. The van der Waals surface area contributed by atoms with Gasteiger partial charge in [0.1, 0.15) is 6.54 Å². The van der Waals surface area contributed by atoms with Crippen LogP contribution < -0.4 is 5.56 Å². The number of aromatic nitrogens is 2. The van der Waals surface area contributed by atoms with Gasteiger partial charge in [-0.2, -0.15) is 13.2 Å². The smallest absolute Gasteiger partial charge is 0.290 e. The van der Waals surface area contributed by atoms with Crippen molar-refractivity contribution in [2.24, 2.45) is 0 Å². The maximum absolute atomic E-state index is 12.2. The molecule has 1 heterocycles. The monoisotopic (exact) mass is 234 g/mol. The third-order valence-electron chi connectivity index (χ3n) is 2.26. The lowest BCUT2D eigenvalue weighted by Crippen LogP contribution is -2.31. The fourth-order valence-electron chi connectivity index (χ4n) is 1.53. The minimum absolute atomic E-state index is 0.370. The normalized spacial score (nSPS) is 11.8. The van der Waals surface area contributed by atoms with Gasteiger partial charge in [-0.3, -0.25) is 9.36 Å². The van der Waals surface area contributed by atoms with Gasteiger partial charge in [0.15, 0.2) is 0 Å². The topological polar surface area (TPSA) is 34.9 Å². The fraction of sp³-hybridized carbons (Fsp3) is 0.600. The van der Waals surface area contributed by atoms with E-state index in [-0.39, 0.29) is 0 Å². The van der Waals surface area contributed by atoms with Crippen LogP contribution in [0, 0.1) is 0 Å². The Bertz CT molecular complexity index is 423. The van der Waals surface area contributed by atoms with Crippen molar-refractivity contribution in [3.8, 4) is 0 Å². The molecule has 0 radical (unpaired) electrons. The summed E-state index contributed by atoms with van der Waals surface area (Å²) in [6.45, 7) is 2.26. The van der Waals surface area contributed by atoms with Gasteiger partial charge >= 0.3 is 6.18 Å². The van der Waals surface area contributed by atoms with Crippen molar-refractivity contribution in [3.05, 3.63) is 27.9 Å². The number of hydrogen-bond donors (Lipinski definition) is 0. The lowest BCUT2D eigenvalue weighted by Gasteiger charge is -2.11. The zero-order valence-electron chi connectivity index (χ0n) is 9.14. The first-order chi connectivity index (χ1) is 7.39. The third kappa shape index (κ3) is 2.84. The Labute approximate surface area is 90.9 Å². The van der Waals surface area contributed by atoms with Gasteiger partial charge in [-0.1, -0.05) is 13.8 Å². The molecule has 0 bridgehead atoms. The number of alkyl halides is 3. The zero-order chi connectivity index (χ0) is 12.3. The second-order valence-electron chi connectivity index (χ2n) is 3.43. The van der Waals surface area contributed by atoms with Gasteiger partial charge in [-0.05, 0) is 12.8 Å². The summed E-state index contributed by atoms with van der Waals surface area (Å²) in [5.41, 5.74) is 0.354. The Morgan fingerprint density at radius 1 is 1.31 bits per heavy atom. The molecule has 0 N–H and O–H groups in total. The van der Waals surface area contributed by atoms with E-state index in [1.165, 1.54) is 0 Å². The lowest BCUT2D eigenvalue weighted by atomic mass is 10.1. The van der Waals surface area contributed by atoms with E-state index in [2.05, 4.69) is 4.98 Å². The first-order valence-corrected chi connectivity index (χ1v) is 5.03. The van der Waals surface area contributed by atoms with Crippen molar-refractivity contribution < 1.29 is 13.2 Å². The van der Waals surface area contributed by atoms with Crippen LogP contribution in [-0.2, 0) is 19.4 Å². The van der Waals surface area contributed by atoms with E-state index in [1.54, 1.807) is 6.92 Å². The first-order valence-electron chi connectivity index (χ1n) is 5.03. The van der Waals surface area contributed by atoms with Crippen LogP contribution in [0.4, 0.5) is 13.2 Å². The Morgan fingerprint density at radius 2 is 1.94 bits per heavy atom. The summed E-state index contributed by atoms with van der Waals surface area (Å²) in [4.78, 5) is 15.6. The lowest BCUT2D eigenvalue weighted by molar-refractivity contribution is -0.141. The molecular formula is C10H13F3N2O. The molecule has 1 aromatic rings. The van der Waals surface area contributed by atoms with E-state index >= 15 is 0 Å². The molecule has 0 fully saturated rings. The average Bonchev–Trinajstić information content (AvgIpc) is 2.19. The van der Waals surface area contributed by atoms with E-state index in [0.29, 0.717) is 28.7 Å². The van der Waals surface area contributed by atoms with Crippen molar-refractivity contribution in [2.75, 3.05) is 0 Å². The Hall–Kier alpha value is -1.33. The van der Waals surface area contributed by atoms with Gasteiger partial charge in [-0.15, -0.1) is 0 Å². The Kier molecular flexibility index (Phi) is 3.72. The second-order valence-corrected chi connectivity index (χ2v) is 3.43. The summed E-state index contributed by atoms with van der Waals surface area (Å²) in [7, 11) is 0. The molecule has 0 aliphatic heterocycles. The summed E-state index contributed by atoms with van der Waals surface area (Å²) >= 11 is 0. The van der Waals surface area contributed by atoms with Crippen LogP contribution in [0.25, 0.3) is 0 Å². The molecule has 3 nitrogen and oxygen atoms in total. The van der Waals surface area contributed by atoms with Crippen LogP contribution >= 0.6 is 0 Å². The molecule has 0 spiro atoms. The third-order valence-corrected chi connectivity index (χ3v) is 2.26. The molecule has 0 aliphatic rings. The summed E-state index contributed by atoms with van der Waals surface area (Å²) in [6, 6.07) is 0. The largest absolute Gasteiger partial charge is 0.406 e. The molecule has 90 valence electrons. The zero-order valence-corrected chi connectivity index (χ0v) is 9.14. The van der Waals surface area contributed by atoms with Gasteiger partial charge < -0.3 is 0 Å². The predicted molar refractivity (Wildman–Crippen MR) is 53.3 cm³/mol. The van der Waals surface area contributed by atoms with Crippen LogP contribution in [0.1, 0.15) is 25.1 Å². The standard InChI is InChI=1S/C10H13F3N2O/c1-3-7-8(4-2)14-6-15(9(7)16)5-10(11,12)13/h6H,3-5H2,1-2H3. The van der Waals surface area contributed by atoms with Crippen LogP contribution in [0.5, 0.6) is 0 Å². The quantitative estimate of drug-likeness (QED) is 0.801. The van der Waals surface area contributed by atoms with Crippen molar-refractivity contribution >= 4 is 0 Å². The summed E-state index contributed by atoms with van der Waals surface area (Å²) in [6.07, 6.45) is -2.49. The minimum Gasteiger partial charge on any atom is -0.290 e. The molecule has 16 heavy (non-hydrogen) atoms. The SMILES string of the molecule is CCc1ncn(CC(F)(F)F)c(=O)c1CC. The van der Waals surface area contributed by atoms with Crippen molar-refractivity contribution in [1.82, 2.24) is 9.55 Å². The maximum Gasteiger partial charge on any atom is 0.406 e. The summed E-state index contributed by atoms with van der Waals surface area (Å²) in [5, 5.41) is 0. The Morgan fingerprint density at radius 3 is 2.38 bits per heavy atom. The highest BCUT2D eigenvalue weighted by molar-refractivity contribution is 5.16. The van der Waals surface area contributed by atoms with E-state index in [1.807, 2.05) is 6.92 Å². The molecule has 0 atom stereocenters. The minimum atomic E-state index is -4.40. The van der Waals surface area contributed by atoms with E-state index in [4.69, 9.17) is 0 Å². The molecule has 1 rings (SSSR count). The average molecular weight is 234 g/mol.